The molecule has 0 fully saturated rings. The largest absolute Gasteiger partial charge is 0.245 e. The van der Waals surface area contributed by atoms with E-state index in [9.17, 15) is 0 Å². The lowest BCUT2D eigenvalue weighted by molar-refractivity contribution is 0.865. The normalized spacial score (nSPS) is 8.00. The summed E-state index contributed by atoms with van der Waals surface area (Å²) < 4.78 is 0. The maximum atomic E-state index is 3.67. The van der Waals surface area contributed by atoms with Crippen molar-refractivity contribution in [2.75, 3.05) is 0 Å². The van der Waals surface area contributed by atoms with Crippen LogP contribution in [0.15, 0.2) is 62.0 Å². The summed E-state index contributed by atoms with van der Waals surface area (Å²) in [5.74, 6) is 0. The van der Waals surface area contributed by atoms with Crippen LogP contribution in [-0.4, -0.2) is 40.6 Å². The molecule has 0 saturated heterocycles. The van der Waals surface area contributed by atoms with Crippen LogP contribution in [0.2, 0.25) is 0 Å². The number of nitrogens with zero attached hydrogens (tertiary/aromatic N) is 8. The van der Waals surface area contributed by atoms with Gasteiger partial charge in [-0.2, -0.15) is 5.10 Å². The summed E-state index contributed by atoms with van der Waals surface area (Å²) in [6, 6.07) is 3.49. The molecule has 3 aromatic heterocycles. The van der Waals surface area contributed by atoms with Gasteiger partial charge < -0.3 is 0 Å². The number of aromatic nitrogens is 8. The van der Waals surface area contributed by atoms with Crippen LogP contribution in [0.1, 0.15) is 0 Å². The molecule has 0 unspecified atom stereocenters. The minimum atomic E-state index is 1.39. The summed E-state index contributed by atoms with van der Waals surface area (Å²) in [4.78, 5) is 11.0. The second-order valence-corrected chi connectivity index (χ2v) is 2.51. The third kappa shape index (κ3) is 8.41. The van der Waals surface area contributed by atoms with E-state index in [2.05, 4.69) is 40.6 Å². The lowest BCUT2D eigenvalue weighted by Crippen LogP contribution is -1.78. The highest BCUT2D eigenvalue weighted by molar-refractivity contribution is 4.74. The summed E-state index contributed by atoms with van der Waals surface area (Å²) in [6.45, 7) is 0. The molecule has 0 spiro atoms. The molecule has 3 rings (SSSR count). The molecular formula is C10H10N8. The average molecular weight is 242 g/mol. The molecule has 18 heavy (non-hydrogen) atoms. The van der Waals surface area contributed by atoms with Crippen LogP contribution in [0.5, 0.6) is 0 Å². The Bertz CT molecular complexity index is 309. The summed E-state index contributed by atoms with van der Waals surface area (Å²) in [5, 5.41) is 17.0. The quantitative estimate of drug-likeness (QED) is 0.551. The van der Waals surface area contributed by atoms with Crippen molar-refractivity contribution in [3.63, 3.8) is 0 Å². The Hall–Kier alpha value is -2.90. The van der Waals surface area contributed by atoms with E-state index in [4.69, 9.17) is 0 Å². The van der Waals surface area contributed by atoms with Gasteiger partial charge in [-0.05, 0) is 17.3 Å². The van der Waals surface area contributed by atoms with Crippen LogP contribution in [0.3, 0.4) is 0 Å². The van der Waals surface area contributed by atoms with Crippen LogP contribution < -0.4 is 0 Å². The van der Waals surface area contributed by atoms with E-state index in [1.165, 1.54) is 18.9 Å². The second kappa shape index (κ2) is 10.6. The summed E-state index contributed by atoms with van der Waals surface area (Å²) in [5.41, 5.74) is 0. The third-order valence-electron chi connectivity index (χ3n) is 1.29. The second-order valence-electron chi connectivity index (χ2n) is 2.51. The van der Waals surface area contributed by atoms with Crippen LogP contribution in [0, 0.1) is 0 Å². The van der Waals surface area contributed by atoms with Crippen LogP contribution in [0.4, 0.5) is 0 Å². The fraction of sp³-hybridized carbons (Fsp3) is 0. The van der Waals surface area contributed by atoms with E-state index in [0.29, 0.717) is 0 Å². The van der Waals surface area contributed by atoms with Gasteiger partial charge in [0.2, 0.25) is 0 Å². The van der Waals surface area contributed by atoms with Crippen molar-refractivity contribution >= 4 is 0 Å². The fourth-order valence-electron chi connectivity index (χ4n) is 0.663. The lowest BCUT2D eigenvalue weighted by Gasteiger charge is -1.70. The topological polar surface area (TPSA) is 103 Å². The number of rotatable bonds is 0. The van der Waals surface area contributed by atoms with Crippen molar-refractivity contribution in [2.24, 2.45) is 0 Å². The van der Waals surface area contributed by atoms with Gasteiger partial charge in [0.1, 0.15) is 12.7 Å². The Labute approximate surface area is 103 Å². The molecule has 3 aromatic rings. The van der Waals surface area contributed by atoms with Gasteiger partial charge in [-0.15, -0.1) is 15.3 Å². The molecule has 0 atom stereocenters. The van der Waals surface area contributed by atoms with Crippen LogP contribution >= 0.6 is 0 Å². The minimum absolute atomic E-state index is 1.39. The first-order valence-corrected chi connectivity index (χ1v) is 4.85. The molecule has 0 saturated carbocycles. The van der Waals surface area contributed by atoms with E-state index in [1.54, 1.807) is 43.1 Å². The summed E-state index contributed by atoms with van der Waals surface area (Å²) >= 11 is 0. The van der Waals surface area contributed by atoms with Crippen molar-refractivity contribution in [3.8, 4) is 0 Å². The first-order chi connectivity index (χ1) is 9.00. The Morgan fingerprint density at radius 1 is 0.444 bits per heavy atom. The standard InChI is InChI=1S/C4H4N2.2C3H3N3/c1-2-5-4-6-3-1;1-2-5-6-3-4-1;1-2-4-6-5-3-1/h1-4H;2*1-3H. The average Bonchev–Trinajstić information content (AvgIpc) is 2.54. The van der Waals surface area contributed by atoms with Gasteiger partial charge in [0.15, 0.2) is 0 Å². The molecule has 0 aliphatic rings. The molecule has 0 N–H and O–H groups in total. The SMILES string of the molecule is c1cncnc1.c1cnncn1.c1cnnnc1. The van der Waals surface area contributed by atoms with E-state index >= 15 is 0 Å². The fourth-order valence-corrected chi connectivity index (χ4v) is 0.663. The van der Waals surface area contributed by atoms with Crippen molar-refractivity contribution < 1.29 is 0 Å². The Morgan fingerprint density at radius 2 is 1.11 bits per heavy atom. The molecule has 8 nitrogen and oxygen atoms in total. The molecule has 0 radical (unpaired) electrons. The van der Waals surface area contributed by atoms with Crippen molar-refractivity contribution in [1.29, 1.82) is 0 Å². The number of hydrogen-bond acceptors (Lipinski definition) is 8. The molecule has 90 valence electrons. The van der Waals surface area contributed by atoms with Crippen LogP contribution in [0.25, 0.3) is 0 Å². The Balaban J connectivity index is 0.000000135. The van der Waals surface area contributed by atoms with Crippen LogP contribution in [-0.2, 0) is 0 Å². The van der Waals surface area contributed by atoms with Crippen molar-refractivity contribution in [3.05, 3.63) is 62.0 Å². The first-order valence-electron chi connectivity index (χ1n) is 4.85. The maximum Gasteiger partial charge on any atom is 0.138 e. The molecule has 0 aliphatic carbocycles. The monoisotopic (exact) mass is 242 g/mol. The zero-order chi connectivity index (χ0) is 12.7. The highest BCUT2D eigenvalue weighted by atomic mass is 15.3. The third-order valence-corrected chi connectivity index (χ3v) is 1.29. The summed E-state index contributed by atoms with van der Waals surface area (Å²) in [7, 11) is 0. The molecule has 3 heterocycles. The smallest absolute Gasteiger partial charge is 0.138 e. The molecule has 0 aliphatic heterocycles. The Morgan fingerprint density at radius 3 is 1.28 bits per heavy atom. The molecule has 8 heteroatoms. The summed E-state index contributed by atoms with van der Waals surface area (Å²) in [6.07, 6.45) is 12.5. The van der Waals surface area contributed by atoms with E-state index in [0.717, 1.165) is 0 Å². The molecule has 0 aromatic carbocycles. The number of hydrogen-bond donors (Lipinski definition) is 0. The lowest BCUT2D eigenvalue weighted by atomic mass is 10.7. The van der Waals surface area contributed by atoms with Gasteiger partial charge in [-0.25, -0.2) is 15.0 Å². The predicted octanol–water partition coefficient (Wildman–Crippen LogP) is 0.220. The maximum absolute atomic E-state index is 3.67. The van der Waals surface area contributed by atoms with E-state index < -0.39 is 0 Å². The van der Waals surface area contributed by atoms with Crippen molar-refractivity contribution in [1.82, 2.24) is 40.6 Å². The predicted molar refractivity (Wildman–Crippen MR) is 61.7 cm³/mol. The van der Waals surface area contributed by atoms with Gasteiger partial charge in [-0.3, -0.25) is 0 Å². The van der Waals surface area contributed by atoms with Gasteiger partial charge in [0.25, 0.3) is 0 Å². The van der Waals surface area contributed by atoms with Gasteiger partial charge in [0.05, 0.1) is 18.6 Å². The van der Waals surface area contributed by atoms with E-state index in [1.807, 2.05) is 0 Å². The molecule has 0 bridgehead atoms. The minimum Gasteiger partial charge on any atom is -0.245 e. The molecular weight excluding hydrogens is 232 g/mol. The van der Waals surface area contributed by atoms with Gasteiger partial charge in [-0.1, -0.05) is 0 Å². The van der Waals surface area contributed by atoms with Gasteiger partial charge >= 0.3 is 0 Å². The highest BCUT2D eigenvalue weighted by Crippen LogP contribution is 1.66. The zero-order valence-electron chi connectivity index (χ0n) is 9.35. The van der Waals surface area contributed by atoms with Crippen molar-refractivity contribution in [2.45, 2.75) is 0 Å². The highest BCUT2D eigenvalue weighted by Gasteiger charge is 1.61. The molecule has 0 amide bonds. The Kier molecular flexibility index (Phi) is 7.76. The zero-order valence-corrected chi connectivity index (χ0v) is 9.35. The first kappa shape index (κ1) is 13.2. The van der Waals surface area contributed by atoms with Gasteiger partial charge in [0, 0.05) is 18.6 Å². The van der Waals surface area contributed by atoms with E-state index in [-0.39, 0.29) is 0 Å².